The number of carbonyl (C=O) groups excluding carboxylic acids is 1. The van der Waals surface area contributed by atoms with E-state index in [0.717, 1.165) is 23.4 Å². The Morgan fingerprint density at radius 2 is 1.31 bits per heavy atom. The first kappa shape index (κ1) is 20.7. The highest BCUT2D eigenvalue weighted by Crippen LogP contribution is 2.22. The molecule has 0 atom stereocenters. The summed E-state index contributed by atoms with van der Waals surface area (Å²) in [5.74, 6) is 0.0356. The largest absolute Gasteiger partial charge is 0.381 e. The van der Waals surface area contributed by atoms with E-state index in [1.54, 1.807) is 0 Å². The highest BCUT2D eigenvalue weighted by molar-refractivity contribution is 5.78. The summed E-state index contributed by atoms with van der Waals surface area (Å²) < 4.78 is 0. The van der Waals surface area contributed by atoms with E-state index in [-0.39, 0.29) is 11.3 Å². The zero-order valence-electron chi connectivity index (χ0n) is 17.5. The monoisotopic (exact) mass is 386 g/mol. The third-order valence-electron chi connectivity index (χ3n) is 4.97. The Morgan fingerprint density at radius 3 is 1.93 bits per heavy atom. The molecule has 3 nitrogen and oxygen atoms in total. The molecule has 0 unspecified atom stereocenters. The van der Waals surface area contributed by atoms with Crippen LogP contribution in [0.4, 0.5) is 5.69 Å². The van der Waals surface area contributed by atoms with Gasteiger partial charge in [-0.05, 0) is 39.8 Å². The van der Waals surface area contributed by atoms with Gasteiger partial charge in [0.25, 0.3) is 0 Å². The Morgan fingerprint density at radius 1 is 0.724 bits per heavy atom. The number of hydrogen-bond donors (Lipinski definition) is 2. The van der Waals surface area contributed by atoms with Gasteiger partial charge in [0, 0.05) is 18.8 Å². The second-order valence-electron chi connectivity index (χ2n) is 8.44. The van der Waals surface area contributed by atoms with Gasteiger partial charge in [-0.25, -0.2) is 0 Å². The molecule has 1 amide bonds. The molecule has 0 fully saturated rings. The first-order chi connectivity index (χ1) is 13.9. The average molecular weight is 387 g/mol. The summed E-state index contributed by atoms with van der Waals surface area (Å²) in [5, 5.41) is 6.41. The van der Waals surface area contributed by atoms with E-state index in [9.17, 15) is 4.79 Å². The van der Waals surface area contributed by atoms with Crippen molar-refractivity contribution < 1.29 is 4.79 Å². The van der Waals surface area contributed by atoms with Crippen molar-refractivity contribution in [3.8, 4) is 0 Å². The highest BCUT2D eigenvalue weighted by Gasteiger charge is 2.12. The third-order valence-corrected chi connectivity index (χ3v) is 4.97. The standard InChI is InChI=1S/C26H30N2O/c1-26(2,3)23-13-9-22(10-14-23)18-27-24-15-11-20(12-16-24)17-25(29)28-19-21-7-5-4-6-8-21/h4-16,27H,17-19H2,1-3H3,(H,28,29). The van der Waals surface area contributed by atoms with Gasteiger partial charge in [-0.15, -0.1) is 0 Å². The fourth-order valence-corrected chi connectivity index (χ4v) is 3.11. The van der Waals surface area contributed by atoms with Crippen LogP contribution >= 0.6 is 0 Å². The molecule has 150 valence electrons. The van der Waals surface area contributed by atoms with Crippen LogP contribution in [0.5, 0.6) is 0 Å². The number of anilines is 1. The van der Waals surface area contributed by atoms with Crippen molar-refractivity contribution in [2.45, 2.75) is 45.7 Å². The Balaban J connectivity index is 1.46. The number of hydrogen-bond acceptors (Lipinski definition) is 2. The van der Waals surface area contributed by atoms with Gasteiger partial charge >= 0.3 is 0 Å². The summed E-state index contributed by atoms with van der Waals surface area (Å²) >= 11 is 0. The van der Waals surface area contributed by atoms with Crippen LogP contribution in [0.15, 0.2) is 78.9 Å². The van der Waals surface area contributed by atoms with Crippen LogP contribution in [0.3, 0.4) is 0 Å². The lowest BCUT2D eigenvalue weighted by atomic mass is 9.87. The molecule has 0 aromatic heterocycles. The maximum Gasteiger partial charge on any atom is 0.224 e. The molecule has 0 radical (unpaired) electrons. The number of rotatable bonds is 7. The van der Waals surface area contributed by atoms with Crippen LogP contribution in [0.2, 0.25) is 0 Å². The Kier molecular flexibility index (Phi) is 6.71. The van der Waals surface area contributed by atoms with Gasteiger partial charge in [0.15, 0.2) is 0 Å². The van der Waals surface area contributed by atoms with Gasteiger partial charge in [-0.1, -0.05) is 87.5 Å². The van der Waals surface area contributed by atoms with Crippen LogP contribution < -0.4 is 10.6 Å². The lowest BCUT2D eigenvalue weighted by Crippen LogP contribution is -2.24. The van der Waals surface area contributed by atoms with Crippen LogP contribution in [0.25, 0.3) is 0 Å². The SMILES string of the molecule is CC(C)(C)c1ccc(CNc2ccc(CC(=O)NCc3ccccc3)cc2)cc1. The molecule has 3 aromatic carbocycles. The van der Waals surface area contributed by atoms with Crippen molar-refractivity contribution in [2.24, 2.45) is 0 Å². The molecule has 0 aliphatic rings. The van der Waals surface area contributed by atoms with E-state index in [0.29, 0.717) is 13.0 Å². The summed E-state index contributed by atoms with van der Waals surface area (Å²) in [6.07, 6.45) is 0.390. The molecular weight excluding hydrogens is 356 g/mol. The number of carbonyl (C=O) groups is 1. The van der Waals surface area contributed by atoms with Crippen molar-refractivity contribution in [3.05, 3.63) is 101 Å². The van der Waals surface area contributed by atoms with E-state index >= 15 is 0 Å². The minimum Gasteiger partial charge on any atom is -0.381 e. The molecule has 0 spiro atoms. The Labute approximate surface area is 174 Å². The predicted molar refractivity (Wildman–Crippen MR) is 121 cm³/mol. The quantitative estimate of drug-likeness (QED) is 0.566. The van der Waals surface area contributed by atoms with E-state index < -0.39 is 0 Å². The predicted octanol–water partition coefficient (Wildman–Crippen LogP) is 5.46. The van der Waals surface area contributed by atoms with Gasteiger partial charge in [-0.3, -0.25) is 4.79 Å². The molecule has 2 N–H and O–H groups in total. The van der Waals surface area contributed by atoms with Crippen molar-refractivity contribution >= 4 is 11.6 Å². The molecular formula is C26H30N2O. The summed E-state index contributed by atoms with van der Waals surface area (Å²) in [7, 11) is 0. The molecule has 0 aliphatic carbocycles. The van der Waals surface area contributed by atoms with E-state index in [1.165, 1.54) is 11.1 Å². The number of amides is 1. The minimum absolute atomic E-state index is 0.0356. The van der Waals surface area contributed by atoms with Crippen LogP contribution in [-0.4, -0.2) is 5.91 Å². The van der Waals surface area contributed by atoms with Gasteiger partial charge in [0.1, 0.15) is 0 Å². The van der Waals surface area contributed by atoms with Gasteiger partial charge < -0.3 is 10.6 Å². The second kappa shape index (κ2) is 9.42. The molecule has 3 heteroatoms. The van der Waals surface area contributed by atoms with Crippen LogP contribution in [0, 0.1) is 0 Å². The topological polar surface area (TPSA) is 41.1 Å². The van der Waals surface area contributed by atoms with E-state index in [1.807, 2.05) is 54.6 Å². The molecule has 0 saturated carbocycles. The van der Waals surface area contributed by atoms with Crippen LogP contribution in [-0.2, 0) is 29.7 Å². The summed E-state index contributed by atoms with van der Waals surface area (Å²) in [5.41, 5.74) is 5.94. The van der Waals surface area contributed by atoms with Gasteiger partial charge in [-0.2, -0.15) is 0 Å². The minimum atomic E-state index is 0.0356. The molecule has 29 heavy (non-hydrogen) atoms. The van der Waals surface area contributed by atoms with E-state index in [4.69, 9.17) is 0 Å². The number of nitrogens with one attached hydrogen (secondary N) is 2. The summed E-state index contributed by atoms with van der Waals surface area (Å²) in [6.45, 7) is 8.02. The van der Waals surface area contributed by atoms with Crippen molar-refractivity contribution in [1.29, 1.82) is 0 Å². The average Bonchev–Trinajstić information content (AvgIpc) is 2.72. The van der Waals surface area contributed by atoms with E-state index in [2.05, 4.69) is 55.7 Å². The van der Waals surface area contributed by atoms with Crippen molar-refractivity contribution in [3.63, 3.8) is 0 Å². The first-order valence-corrected chi connectivity index (χ1v) is 10.1. The summed E-state index contributed by atoms with van der Waals surface area (Å²) in [4.78, 5) is 12.2. The fourth-order valence-electron chi connectivity index (χ4n) is 3.11. The normalized spacial score (nSPS) is 11.1. The van der Waals surface area contributed by atoms with Crippen molar-refractivity contribution in [2.75, 3.05) is 5.32 Å². The third kappa shape index (κ3) is 6.49. The lowest BCUT2D eigenvalue weighted by molar-refractivity contribution is -0.120. The Bertz CT molecular complexity index is 908. The lowest BCUT2D eigenvalue weighted by Gasteiger charge is -2.19. The number of benzene rings is 3. The second-order valence-corrected chi connectivity index (χ2v) is 8.44. The molecule has 0 bridgehead atoms. The zero-order valence-corrected chi connectivity index (χ0v) is 17.5. The fraction of sp³-hybridized carbons (Fsp3) is 0.269. The molecule has 0 saturated heterocycles. The van der Waals surface area contributed by atoms with Gasteiger partial charge in [0.05, 0.1) is 6.42 Å². The maximum absolute atomic E-state index is 12.2. The smallest absolute Gasteiger partial charge is 0.224 e. The summed E-state index contributed by atoms with van der Waals surface area (Å²) in [6, 6.07) is 26.8. The molecule has 3 rings (SSSR count). The molecule has 3 aromatic rings. The Hall–Kier alpha value is -3.07. The maximum atomic E-state index is 12.2. The first-order valence-electron chi connectivity index (χ1n) is 10.1. The molecule has 0 aliphatic heterocycles. The van der Waals surface area contributed by atoms with Crippen molar-refractivity contribution in [1.82, 2.24) is 5.32 Å². The highest BCUT2D eigenvalue weighted by atomic mass is 16.1. The molecule has 0 heterocycles. The van der Waals surface area contributed by atoms with Gasteiger partial charge in [0.2, 0.25) is 5.91 Å². The zero-order chi connectivity index (χ0) is 20.7. The van der Waals surface area contributed by atoms with Crippen LogP contribution in [0.1, 0.15) is 43.0 Å².